The Morgan fingerprint density at radius 3 is 2.71 bits per heavy atom. The molecule has 94 valence electrons. The van der Waals surface area contributed by atoms with Crippen LogP contribution < -0.4 is 5.32 Å². The summed E-state index contributed by atoms with van der Waals surface area (Å²) in [6, 6.07) is 5.12. The SMILES string of the molecule is Fc1cccc(CNC2(CCl)CCCC2)c1Br. The molecular weight excluding hydrogens is 305 g/mol. The van der Waals surface area contributed by atoms with Crippen molar-refractivity contribution in [2.45, 2.75) is 37.8 Å². The number of alkyl halides is 1. The van der Waals surface area contributed by atoms with Crippen LogP contribution in [0.25, 0.3) is 0 Å². The molecule has 0 heterocycles. The number of benzene rings is 1. The Balaban J connectivity index is 2.04. The molecule has 0 aliphatic heterocycles. The summed E-state index contributed by atoms with van der Waals surface area (Å²) < 4.78 is 13.9. The number of nitrogens with one attached hydrogen (secondary N) is 1. The Labute approximate surface area is 115 Å². The largest absolute Gasteiger partial charge is 0.306 e. The minimum atomic E-state index is -0.212. The lowest BCUT2D eigenvalue weighted by atomic mass is 10.00. The zero-order valence-electron chi connectivity index (χ0n) is 9.61. The Kier molecular flexibility index (Phi) is 4.45. The Morgan fingerprint density at radius 1 is 1.35 bits per heavy atom. The summed E-state index contributed by atoms with van der Waals surface area (Å²) >= 11 is 9.33. The van der Waals surface area contributed by atoms with Crippen LogP contribution in [0.4, 0.5) is 4.39 Å². The van der Waals surface area contributed by atoms with E-state index in [-0.39, 0.29) is 11.4 Å². The number of hydrogen-bond donors (Lipinski definition) is 1. The van der Waals surface area contributed by atoms with Gasteiger partial charge in [0.2, 0.25) is 0 Å². The normalized spacial score (nSPS) is 18.5. The zero-order valence-corrected chi connectivity index (χ0v) is 12.0. The van der Waals surface area contributed by atoms with Gasteiger partial charge in [-0.05, 0) is 40.4 Å². The van der Waals surface area contributed by atoms with Gasteiger partial charge in [-0.1, -0.05) is 25.0 Å². The van der Waals surface area contributed by atoms with Gasteiger partial charge in [0.05, 0.1) is 4.47 Å². The van der Waals surface area contributed by atoms with Gasteiger partial charge in [-0.25, -0.2) is 4.39 Å². The van der Waals surface area contributed by atoms with Gasteiger partial charge in [0.15, 0.2) is 0 Å². The molecule has 4 heteroatoms. The summed E-state index contributed by atoms with van der Waals surface area (Å²) in [4.78, 5) is 0. The highest BCUT2D eigenvalue weighted by molar-refractivity contribution is 9.10. The molecular formula is C13H16BrClFN. The van der Waals surface area contributed by atoms with Crippen LogP contribution in [0.3, 0.4) is 0 Å². The lowest BCUT2D eigenvalue weighted by Crippen LogP contribution is -2.44. The molecule has 17 heavy (non-hydrogen) atoms. The first-order valence-electron chi connectivity index (χ1n) is 5.91. The average Bonchev–Trinajstić information content (AvgIpc) is 2.81. The number of halogens is 3. The van der Waals surface area contributed by atoms with E-state index in [4.69, 9.17) is 11.6 Å². The Morgan fingerprint density at radius 2 is 2.06 bits per heavy atom. The number of rotatable bonds is 4. The highest BCUT2D eigenvalue weighted by atomic mass is 79.9. The van der Waals surface area contributed by atoms with Crippen molar-refractivity contribution in [3.05, 3.63) is 34.1 Å². The molecule has 0 amide bonds. The summed E-state index contributed by atoms with van der Waals surface area (Å²) in [7, 11) is 0. The van der Waals surface area contributed by atoms with Crippen molar-refractivity contribution in [3.63, 3.8) is 0 Å². The molecule has 0 radical (unpaired) electrons. The van der Waals surface area contributed by atoms with Gasteiger partial charge in [-0.2, -0.15) is 0 Å². The maximum atomic E-state index is 13.4. The minimum absolute atomic E-state index is 0.0489. The third kappa shape index (κ3) is 3.01. The summed E-state index contributed by atoms with van der Waals surface area (Å²) in [5, 5.41) is 3.50. The second kappa shape index (κ2) is 5.68. The van der Waals surface area contributed by atoms with Gasteiger partial charge in [0.1, 0.15) is 5.82 Å². The van der Waals surface area contributed by atoms with Crippen molar-refractivity contribution in [1.29, 1.82) is 0 Å². The first-order chi connectivity index (χ1) is 8.17. The quantitative estimate of drug-likeness (QED) is 0.819. The van der Waals surface area contributed by atoms with Gasteiger partial charge in [-0.3, -0.25) is 0 Å². The molecule has 1 fully saturated rings. The van der Waals surface area contributed by atoms with E-state index < -0.39 is 0 Å². The summed E-state index contributed by atoms with van der Waals surface area (Å²) in [5.41, 5.74) is 0.995. The fourth-order valence-electron chi connectivity index (χ4n) is 2.38. The molecule has 0 spiro atoms. The molecule has 0 saturated heterocycles. The smallest absolute Gasteiger partial charge is 0.137 e. The summed E-state index contributed by atoms with van der Waals surface area (Å²) in [6.45, 7) is 0.658. The van der Waals surface area contributed by atoms with Crippen LogP contribution in [0.1, 0.15) is 31.2 Å². The van der Waals surface area contributed by atoms with Gasteiger partial charge in [0, 0.05) is 18.0 Å². The topological polar surface area (TPSA) is 12.0 Å². The van der Waals surface area contributed by atoms with Crippen molar-refractivity contribution >= 4 is 27.5 Å². The van der Waals surface area contributed by atoms with Crippen LogP contribution in [0.15, 0.2) is 22.7 Å². The standard InChI is InChI=1S/C13H16BrClFN/c14-12-10(4-3-5-11(12)16)8-17-13(9-15)6-1-2-7-13/h3-5,17H,1-2,6-9H2. The molecule has 1 aromatic carbocycles. The molecule has 1 aliphatic carbocycles. The maximum Gasteiger partial charge on any atom is 0.137 e. The molecule has 0 unspecified atom stereocenters. The monoisotopic (exact) mass is 319 g/mol. The van der Waals surface area contributed by atoms with E-state index in [0.717, 1.165) is 18.4 Å². The van der Waals surface area contributed by atoms with Crippen molar-refractivity contribution in [1.82, 2.24) is 5.32 Å². The fraction of sp³-hybridized carbons (Fsp3) is 0.538. The third-order valence-electron chi connectivity index (χ3n) is 3.50. The molecule has 1 aliphatic rings. The maximum absolute atomic E-state index is 13.4. The van der Waals surface area contributed by atoms with E-state index in [1.54, 1.807) is 6.07 Å². The second-order valence-corrected chi connectivity index (χ2v) is 5.75. The van der Waals surface area contributed by atoms with Crippen LogP contribution in [0, 0.1) is 5.82 Å². The zero-order chi connectivity index (χ0) is 12.3. The molecule has 1 nitrogen and oxygen atoms in total. The van der Waals surface area contributed by atoms with E-state index in [9.17, 15) is 4.39 Å². The number of hydrogen-bond acceptors (Lipinski definition) is 1. The van der Waals surface area contributed by atoms with Gasteiger partial charge < -0.3 is 5.32 Å². The van der Waals surface area contributed by atoms with E-state index in [1.807, 2.05) is 6.07 Å². The highest BCUT2D eigenvalue weighted by Crippen LogP contribution is 2.31. The highest BCUT2D eigenvalue weighted by Gasteiger charge is 2.32. The molecule has 1 aromatic rings. The molecule has 0 atom stereocenters. The summed E-state index contributed by atoms with van der Waals surface area (Å²) in [6.07, 6.45) is 4.68. The minimum Gasteiger partial charge on any atom is -0.306 e. The van der Waals surface area contributed by atoms with Crippen molar-refractivity contribution in [2.24, 2.45) is 0 Å². The lowest BCUT2D eigenvalue weighted by Gasteiger charge is -2.28. The van der Waals surface area contributed by atoms with Gasteiger partial charge in [0.25, 0.3) is 0 Å². The summed E-state index contributed by atoms with van der Waals surface area (Å²) in [5.74, 6) is 0.413. The van der Waals surface area contributed by atoms with Gasteiger partial charge >= 0.3 is 0 Å². The molecule has 0 bridgehead atoms. The Hall–Kier alpha value is -0.120. The van der Waals surface area contributed by atoms with Crippen LogP contribution in [-0.4, -0.2) is 11.4 Å². The van der Waals surface area contributed by atoms with E-state index >= 15 is 0 Å². The predicted octanol–water partition coefficient (Wildman–Crippen LogP) is 4.23. The third-order valence-corrected chi connectivity index (χ3v) is 4.90. The van der Waals surface area contributed by atoms with Crippen LogP contribution in [-0.2, 0) is 6.54 Å². The molecule has 2 rings (SSSR count). The second-order valence-electron chi connectivity index (χ2n) is 4.69. The van der Waals surface area contributed by atoms with Crippen LogP contribution >= 0.6 is 27.5 Å². The fourth-order valence-corrected chi connectivity index (χ4v) is 3.14. The first-order valence-corrected chi connectivity index (χ1v) is 7.23. The van der Waals surface area contributed by atoms with E-state index in [2.05, 4.69) is 21.2 Å². The molecule has 1 N–H and O–H groups in total. The predicted molar refractivity (Wildman–Crippen MR) is 72.9 cm³/mol. The average molecular weight is 321 g/mol. The van der Waals surface area contributed by atoms with Crippen molar-refractivity contribution < 1.29 is 4.39 Å². The van der Waals surface area contributed by atoms with E-state index in [1.165, 1.54) is 18.9 Å². The van der Waals surface area contributed by atoms with E-state index in [0.29, 0.717) is 16.9 Å². The first kappa shape index (κ1) is 13.3. The van der Waals surface area contributed by atoms with Crippen LogP contribution in [0.2, 0.25) is 0 Å². The van der Waals surface area contributed by atoms with Crippen molar-refractivity contribution in [3.8, 4) is 0 Å². The molecule has 0 aromatic heterocycles. The van der Waals surface area contributed by atoms with Crippen molar-refractivity contribution in [2.75, 3.05) is 5.88 Å². The van der Waals surface area contributed by atoms with Gasteiger partial charge in [-0.15, -0.1) is 11.6 Å². The Bertz CT molecular complexity index is 391. The van der Waals surface area contributed by atoms with Crippen LogP contribution in [0.5, 0.6) is 0 Å². The molecule has 1 saturated carbocycles. The lowest BCUT2D eigenvalue weighted by molar-refractivity contribution is 0.367.